The SMILES string of the molecule is CC1N=C(SC(=Cc2ccc(N(C)C)c(Br)c2)C(=O)O)NN1. The molecule has 1 aromatic carbocycles. The zero-order valence-electron chi connectivity index (χ0n) is 12.4. The average Bonchev–Trinajstić information content (AvgIpc) is 2.83. The summed E-state index contributed by atoms with van der Waals surface area (Å²) in [6, 6.07) is 5.72. The molecule has 0 spiro atoms. The highest BCUT2D eigenvalue weighted by molar-refractivity contribution is 9.10. The van der Waals surface area contributed by atoms with Gasteiger partial charge >= 0.3 is 5.97 Å². The van der Waals surface area contributed by atoms with Gasteiger partial charge in [0, 0.05) is 18.6 Å². The highest BCUT2D eigenvalue weighted by Crippen LogP contribution is 2.28. The Labute approximate surface area is 141 Å². The molecule has 0 fully saturated rings. The number of amidine groups is 1. The molecule has 1 heterocycles. The molecule has 2 rings (SSSR count). The third kappa shape index (κ3) is 4.25. The molecular weight excluding hydrogens is 368 g/mol. The lowest BCUT2D eigenvalue weighted by Crippen LogP contribution is -2.32. The van der Waals surface area contributed by atoms with Crippen molar-refractivity contribution < 1.29 is 9.90 Å². The Morgan fingerprint density at radius 3 is 2.73 bits per heavy atom. The van der Waals surface area contributed by atoms with Gasteiger partial charge in [-0.1, -0.05) is 6.07 Å². The van der Waals surface area contributed by atoms with Crippen LogP contribution in [0.15, 0.2) is 32.6 Å². The van der Waals surface area contributed by atoms with Crippen LogP contribution in [0.2, 0.25) is 0 Å². The molecule has 1 aliphatic heterocycles. The van der Waals surface area contributed by atoms with E-state index in [1.54, 1.807) is 6.08 Å². The van der Waals surface area contributed by atoms with E-state index in [1.807, 2.05) is 44.1 Å². The van der Waals surface area contributed by atoms with Crippen molar-refractivity contribution in [2.45, 2.75) is 13.1 Å². The summed E-state index contributed by atoms with van der Waals surface area (Å²) in [6.45, 7) is 1.88. The number of rotatable bonds is 4. The van der Waals surface area contributed by atoms with E-state index in [9.17, 15) is 9.90 Å². The second-order valence-corrected chi connectivity index (χ2v) is 6.79. The number of anilines is 1. The molecule has 0 saturated heterocycles. The molecule has 1 atom stereocenters. The van der Waals surface area contributed by atoms with Gasteiger partial charge in [-0.25, -0.2) is 15.2 Å². The molecule has 118 valence electrons. The fraction of sp³-hybridized carbons (Fsp3) is 0.286. The predicted octanol–water partition coefficient (Wildman–Crippen LogP) is 2.48. The third-order valence-corrected chi connectivity index (χ3v) is 4.42. The number of halogens is 1. The van der Waals surface area contributed by atoms with Crippen LogP contribution >= 0.6 is 27.7 Å². The maximum Gasteiger partial charge on any atom is 0.342 e. The maximum atomic E-state index is 11.4. The molecular formula is C14H17BrN4O2S. The van der Waals surface area contributed by atoms with Crippen molar-refractivity contribution in [3.63, 3.8) is 0 Å². The zero-order chi connectivity index (χ0) is 16.3. The van der Waals surface area contributed by atoms with Crippen molar-refractivity contribution >= 4 is 50.6 Å². The molecule has 0 aromatic heterocycles. The van der Waals surface area contributed by atoms with E-state index < -0.39 is 5.97 Å². The van der Waals surface area contributed by atoms with Crippen LogP contribution in [0.25, 0.3) is 6.08 Å². The van der Waals surface area contributed by atoms with Crippen LogP contribution in [-0.4, -0.2) is 36.5 Å². The second kappa shape index (κ2) is 7.17. The van der Waals surface area contributed by atoms with Crippen molar-refractivity contribution in [3.8, 4) is 0 Å². The van der Waals surface area contributed by atoms with E-state index in [1.165, 1.54) is 0 Å². The minimum Gasteiger partial charge on any atom is -0.477 e. The van der Waals surface area contributed by atoms with Gasteiger partial charge in [-0.2, -0.15) is 0 Å². The first-order valence-corrected chi connectivity index (χ1v) is 8.17. The molecule has 0 amide bonds. The molecule has 1 unspecified atom stereocenters. The van der Waals surface area contributed by atoms with Crippen LogP contribution in [0.4, 0.5) is 5.69 Å². The first-order chi connectivity index (χ1) is 10.4. The molecule has 0 aliphatic carbocycles. The lowest BCUT2D eigenvalue weighted by atomic mass is 10.2. The monoisotopic (exact) mass is 384 g/mol. The Morgan fingerprint density at radius 1 is 1.50 bits per heavy atom. The van der Waals surface area contributed by atoms with E-state index >= 15 is 0 Å². The number of nitrogens with zero attached hydrogens (tertiary/aromatic N) is 2. The molecule has 0 radical (unpaired) electrons. The molecule has 6 nitrogen and oxygen atoms in total. The number of hydrogen-bond acceptors (Lipinski definition) is 6. The van der Waals surface area contributed by atoms with Crippen LogP contribution in [0.3, 0.4) is 0 Å². The Balaban J connectivity index is 2.25. The third-order valence-electron chi connectivity index (χ3n) is 2.87. The molecule has 22 heavy (non-hydrogen) atoms. The highest BCUT2D eigenvalue weighted by atomic mass is 79.9. The molecule has 0 bridgehead atoms. The fourth-order valence-corrected chi connectivity index (χ4v) is 3.39. The predicted molar refractivity (Wildman–Crippen MR) is 94.8 cm³/mol. The number of aliphatic carboxylic acids is 1. The Morgan fingerprint density at radius 2 is 2.23 bits per heavy atom. The van der Waals surface area contributed by atoms with E-state index in [0.717, 1.165) is 27.5 Å². The van der Waals surface area contributed by atoms with E-state index in [0.29, 0.717) is 5.17 Å². The Kier molecular flexibility index (Phi) is 5.49. The van der Waals surface area contributed by atoms with Crippen molar-refractivity contribution in [3.05, 3.63) is 33.1 Å². The van der Waals surface area contributed by atoms with Crippen molar-refractivity contribution in [1.29, 1.82) is 0 Å². The standard InChI is InChI=1S/C14H17BrN4O2S/c1-8-16-14(18-17-8)22-12(13(20)21)7-9-4-5-11(19(2)3)10(15)6-9/h4-8,17H,1-3H3,(H,16,18)(H,20,21). The summed E-state index contributed by atoms with van der Waals surface area (Å²) in [4.78, 5) is 17.8. The number of aliphatic imine (C=N–C) groups is 1. The zero-order valence-corrected chi connectivity index (χ0v) is 14.8. The quantitative estimate of drug-likeness (QED) is 0.692. The van der Waals surface area contributed by atoms with Crippen LogP contribution in [-0.2, 0) is 4.79 Å². The lowest BCUT2D eigenvalue weighted by molar-refractivity contribution is -0.131. The van der Waals surface area contributed by atoms with Crippen molar-refractivity contribution in [2.75, 3.05) is 19.0 Å². The summed E-state index contributed by atoms with van der Waals surface area (Å²) in [5.41, 5.74) is 7.59. The van der Waals surface area contributed by atoms with Crippen molar-refractivity contribution in [1.82, 2.24) is 10.9 Å². The molecule has 8 heteroatoms. The summed E-state index contributed by atoms with van der Waals surface area (Å²) in [5, 5.41) is 9.91. The van der Waals surface area contributed by atoms with Gasteiger partial charge in [0.1, 0.15) is 11.1 Å². The number of hydrogen-bond donors (Lipinski definition) is 3. The largest absolute Gasteiger partial charge is 0.477 e. The Hall–Kier alpha value is -1.51. The number of carboxylic acid groups (broad SMARTS) is 1. The average molecular weight is 385 g/mol. The van der Waals surface area contributed by atoms with E-state index in [-0.39, 0.29) is 11.1 Å². The second-order valence-electron chi connectivity index (χ2n) is 4.90. The van der Waals surface area contributed by atoms with Gasteiger partial charge in [0.05, 0.1) is 5.69 Å². The summed E-state index contributed by atoms with van der Waals surface area (Å²) < 4.78 is 0.910. The van der Waals surface area contributed by atoms with E-state index in [4.69, 9.17) is 0 Å². The van der Waals surface area contributed by atoms with Crippen LogP contribution in [0, 0.1) is 0 Å². The van der Waals surface area contributed by atoms with Gasteiger partial charge in [-0.15, -0.1) is 0 Å². The number of carboxylic acids is 1. The minimum absolute atomic E-state index is 0.0638. The molecule has 1 aliphatic rings. The number of thioether (sulfide) groups is 1. The van der Waals surface area contributed by atoms with Gasteiger partial charge < -0.3 is 10.0 Å². The minimum atomic E-state index is -0.984. The van der Waals surface area contributed by atoms with Crippen LogP contribution in [0.1, 0.15) is 12.5 Å². The number of carbonyl (C=O) groups is 1. The van der Waals surface area contributed by atoms with Gasteiger partial charge in [0.2, 0.25) is 0 Å². The molecule has 0 saturated carbocycles. The number of benzene rings is 1. The first-order valence-electron chi connectivity index (χ1n) is 6.56. The summed E-state index contributed by atoms with van der Waals surface area (Å²) >= 11 is 4.59. The lowest BCUT2D eigenvalue weighted by Gasteiger charge is -2.14. The Bertz CT molecular complexity index is 646. The first kappa shape index (κ1) is 16.9. The van der Waals surface area contributed by atoms with Gasteiger partial charge in [0.15, 0.2) is 5.17 Å². The van der Waals surface area contributed by atoms with Gasteiger partial charge in [0.25, 0.3) is 0 Å². The topological polar surface area (TPSA) is 77.0 Å². The van der Waals surface area contributed by atoms with E-state index in [2.05, 4.69) is 31.8 Å². The van der Waals surface area contributed by atoms with Crippen LogP contribution in [0.5, 0.6) is 0 Å². The fourth-order valence-electron chi connectivity index (χ4n) is 1.82. The summed E-state index contributed by atoms with van der Waals surface area (Å²) in [6.07, 6.45) is 1.57. The van der Waals surface area contributed by atoms with Crippen LogP contribution < -0.4 is 15.8 Å². The maximum absolute atomic E-state index is 11.4. The smallest absolute Gasteiger partial charge is 0.342 e. The number of hydrazine groups is 1. The van der Waals surface area contributed by atoms with Gasteiger partial charge in [-0.05, 0) is 58.4 Å². The number of nitrogens with one attached hydrogen (secondary N) is 2. The highest BCUT2D eigenvalue weighted by Gasteiger charge is 2.17. The summed E-state index contributed by atoms with van der Waals surface area (Å²) in [7, 11) is 3.90. The summed E-state index contributed by atoms with van der Waals surface area (Å²) in [5.74, 6) is -0.984. The molecule has 3 N–H and O–H groups in total. The van der Waals surface area contributed by atoms with Gasteiger partial charge in [-0.3, -0.25) is 5.43 Å². The molecule has 1 aromatic rings. The normalized spacial score (nSPS) is 17.9. The van der Waals surface area contributed by atoms with Crippen molar-refractivity contribution in [2.24, 2.45) is 4.99 Å².